The number of aliphatic hydroxyl groups excluding tert-OH is 1. The van der Waals surface area contributed by atoms with Crippen LogP contribution in [0.15, 0.2) is 24.3 Å². The average Bonchev–Trinajstić information content (AvgIpc) is 3.17. The standard InChI is InChI=1S/C22H36N2O3/c1-2-3-4-5-6-7-10-21(26)23-20(17-24-15-8-9-16-24)22(27)18-11-13-19(25)14-12-18/h11-14,20,22,25,27H,2-10,15-17H2,1H3,(H,23,26). The van der Waals surface area contributed by atoms with Gasteiger partial charge in [0.05, 0.1) is 6.04 Å². The molecule has 5 heteroatoms. The Morgan fingerprint density at radius 2 is 1.70 bits per heavy atom. The molecule has 152 valence electrons. The van der Waals surface area contributed by atoms with Gasteiger partial charge in [-0.1, -0.05) is 51.2 Å². The first-order valence-corrected chi connectivity index (χ1v) is 10.6. The van der Waals surface area contributed by atoms with Gasteiger partial charge in [-0.25, -0.2) is 0 Å². The molecule has 0 bridgehead atoms. The van der Waals surface area contributed by atoms with Crippen LogP contribution in [0.4, 0.5) is 0 Å². The van der Waals surface area contributed by atoms with Crippen molar-refractivity contribution in [2.75, 3.05) is 19.6 Å². The molecule has 1 amide bonds. The van der Waals surface area contributed by atoms with Gasteiger partial charge in [-0.15, -0.1) is 0 Å². The molecular weight excluding hydrogens is 340 g/mol. The molecule has 1 heterocycles. The van der Waals surface area contributed by atoms with Crippen LogP contribution in [0.25, 0.3) is 0 Å². The Hall–Kier alpha value is -1.59. The number of unbranched alkanes of at least 4 members (excludes halogenated alkanes) is 5. The number of aromatic hydroxyl groups is 1. The molecule has 5 nitrogen and oxygen atoms in total. The first kappa shape index (κ1) is 21.7. The van der Waals surface area contributed by atoms with Gasteiger partial charge < -0.3 is 20.4 Å². The number of benzene rings is 1. The lowest BCUT2D eigenvalue weighted by molar-refractivity contribution is -0.123. The quantitative estimate of drug-likeness (QED) is 0.486. The van der Waals surface area contributed by atoms with E-state index >= 15 is 0 Å². The normalized spacial score (nSPS) is 17.0. The van der Waals surface area contributed by atoms with E-state index in [4.69, 9.17) is 0 Å². The van der Waals surface area contributed by atoms with Crippen molar-refractivity contribution in [2.24, 2.45) is 0 Å². The van der Waals surface area contributed by atoms with Gasteiger partial charge in [-0.3, -0.25) is 4.79 Å². The minimum absolute atomic E-state index is 0.0208. The number of rotatable bonds is 12. The zero-order valence-corrected chi connectivity index (χ0v) is 16.7. The number of amides is 1. The molecule has 0 aromatic heterocycles. The van der Waals surface area contributed by atoms with E-state index in [0.29, 0.717) is 13.0 Å². The monoisotopic (exact) mass is 376 g/mol. The molecule has 2 unspecified atom stereocenters. The Kier molecular flexibility index (Phi) is 9.64. The summed E-state index contributed by atoms with van der Waals surface area (Å²) in [4.78, 5) is 14.7. The Morgan fingerprint density at radius 1 is 1.07 bits per heavy atom. The minimum atomic E-state index is -0.778. The molecule has 0 saturated carbocycles. The molecule has 1 aliphatic rings. The number of nitrogens with one attached hydrogen (secondary N) is 1. The van der Waals surface area contributed by atoms with Crippen molar-refractivity contribution < 1.29 is 15.0 Å². The molecule has 3 N–H and O–H groups in total. The summed E-state index contributed by atoms with van der Waals surface area (Å²) in [6.07, 6.45) is 9.01. The summed E-state index contributed by atoms with van der Waals surface area (Å²) in [5.41, 5.74) is 0.719. The van der Waals surface area contributed by atoms with E-state index in [1.807, 2.05) is 0 Å². The topological polar surface area (TPSA) is 72.8 Å². The van der Waals surface area contributed by atoms with Gasteiger partial charge in [0, 0.05) is 13.0 Å². The van der Waals surface area contributed by atoms with Crippen LogP contribution in [0.5, 0.6) is 5.75 Å². The highest BCUT2D eigenvalue weighted by Crippen LogP contribution is 2.22. The molecule has 1 fully saturated rings. The van der Waals surface area contributed by atoms with Crippen molar-refractivity contribution in [1.29, 1.82) is 0 Å². The van der Waals surface area contributed by atoms with Crippen molar-refractivity contribution >= 4 is 5.91 Å². The molecule has 2 rings (SSSR count). The highest BCUT2D eigenvalue weighted by Gasteiger charge is 2.26. The van der Waals surface area contributed by atoms with E-state index in [2.05, 4.69) is 17.1 Å². The molecule has 1 aliphatic heterocycles. The van der Waals surface area contributed by atoms with E-state index < -0.39 is 6.10 Å². The first-order chi connectivity index (χ1) is 13.1. The molecule has 27 heavy (non-hydrogen) atoms. The molecule has 0 aliphatic carbocycles. The van der Waals surface area contributed by atoms with Gasteiger partial charge in [0.15, 0.2) is 0 Å². The lowest BCUT2D eigenvalue weighted by atomic mass is 10.0. The second-order valence-electron chi connectivity index (χ2n) is 7.74. The smallest absolute Gasteiger partial charge is 0.220 e. The summed E-state index contributed by atoms with van der Waals surface area (Å²) in [5.74, 6) is 0.196. The van der Waals surface area contributed by atoms with Gasteiger partial charge in [0.25, 0.3) is 0 Å². The zero-order valence-electron chi connectivity index (χ0n) is 16.7. The SMILES string of the molecule is CCCCCCCCC(=O)NC(CN1CCCC1)C(O)c1ccc(O)cc1. The number of carbonyl (C=O) groups excluding carboxylic acids is 1. The largest absolute Gasteiger partial charge is 0.508 e. The van der Waals surface area contributed by atoms with Gasteiger partial charge in [0.1, 0.15) is 11.9 Å². The van der Waals surface area contributed by atoms with Crippen LogP contribution in [-0.4, -0.2) is 46.7 Å². The summed E-state index contributed by atoms with van der Waals surface area (Å²) < 4.78 is 0. The third-order valence-corrected chi connectivity index (χ3v) is 5.37. The lowest BCUT2D eigenvalue weighted by Crippen LogP contribution is -2.46. The molecule has 1 saturated heterocycles. The minimum Gasteiger partial charge on any atom is -0.508 e. The van der Waals surface area contributed by atoms with E-state index in [1.165, 1.54) is 38.5 Å². The number of nitrogens with zero attached hydrogens (tertiary/aromatic N) is 1. The maximum Gasteiger partial charge on any atom is 0.220 e. The zero-order chi connectivity index (χ0) is 19.5. The molecule has 1 aromatic rings. The summed E-state index contributed by atoms with van der Waals surface area (Å²) in [7, 11) is 0. The number of hydrogen-bond acceptors (Lipinski definition) is 4. The number of hydrogen-bond donors (Lipinski definition) is 3. The Labute approximate surface area is 163 Å². The van der Waals surface area contributed by atoms with E-state index in [9.17, 15) is 15.0 Å². The average molecular weight is 377 g/mol. The second kappa shape index (κ2) is 12.0. The van der Waals surface area contributed by atoms with Crippen LogP contribution in [0.3, 0.4) is 0 Å². The van der Waals surface area contributed by atoms with E-state index in [1.54, 1.807) is 24.3 Å². The summed E-state index contributed by atoms with van der Waals surface area (Å²) in [6, 6.07) is 6.25. The lowest BCUT2D eigenvalue weighted by Gasteiger charge is -2.28. The third-order valence-electron chi connectivity index (χ3n) is 5.37. The van der Waals surface area contributed by atoms with Crippen LogP contribution in [0.1, 0.15) is 76.4 Å². The third kappa shape index (κ3) is 7.89. The van der Waals surface area contributed by atoms with Gasteiger partial charge in [0.2, 0.25) is 5.91 Å². The highest BCUT2D eigenvalue weighted by atomic mass is 16.3. The van der Waals surface area contributed by atoms with Crippen LogP contribution >= 0.6 is 0 Å². The van der Waals surface area contributed by atoms with Crippen molar-refractivity contribution in [3.05, 3.63) is 29.8 Å². The van der Waals surface area contributed by atoms with Crippen LogP contribution in [-0.2, 0) is 4.79 Å². The Bertz CT molecular complexity index is 541. The first-order valence-electron chi connectivity index (χ1n) is 10.6. The predicted molar refractivity (Wildman–Crippen MR) is 109 cm³/mol. The molecule has 2 atom stereocenters. The van der Waals surface area contributed by atoms with Crippen molar-refractivity contribution in [2.45, 2.75) is 76.9 Å². The fourth-order valence-electron chi connectivity index (χ4n) is 3.72. The summed E-state index contributed by atoms with van der Waals surface area (Å²) in [5, 5.41) is 23.4. The molecular formula is C22H36N2O3. The fraction of sp³-hybridized carbons (Fsp3) is 0.682. The highest BCUT2D eigenvalue weighted by molar-refractivity contribution is 5.76. The Balaban J connectivity index is 1.87. The molecule has 0 spiro atoms. The van der Waals surface area contributed by atoms with Crippen molar-refractivity contribution in [3.8, 4) is 5.75 Å². The van der Waals surface area contributed by atoms with Gasteiger partial charge in [-0.05, 0) is 50.0 Å². The maximum absolute atomic E-state index is 12.4. The van der Waals surface area contributed by atoms with E-state index in [0.717, 1.165) is 31.5 Å². The number of phenols is 1. The fourth-order valence-corrected chi connectivity index (χ4v) is 3.72. The van der Waals surface area contributed by atoms with E-state index in [-0.39, 0.29) is 17.7 Å². The molecule has 1 aromatic carbocycles. The number of carbonyl (C=O) groups is 1. The maximum atomic E-state index is 12.4. The number of phenolic OH excluding ortho intramolecular Hbond substituents is 1. The predicted octanol–water partition coefficient (Wildman–Crippen LogP) is 3.76. The van der Waals surface area contributed by atoms with Crippen LogP contribution < -0.4 is 5.32 Å². The second-order valence-corrected chi connectivity index (χ2v) is 7.74. The van der Waals surface area contributed by atoms with Gasteiger partial charge >= 0.3 is 0 Å². The van der Waals surface area contributed by atoms with Crippen LogP contribution in [0.2, 0.25) is 0 Å². The Morgan fingerprint density at radius 3 is 2.37 bits per heavy atom. The molecule has 0 radical (unpaired) electrons. The number of aliphatic hydroxyl groups is 1. The number of likely N-dealkylation sites (tertiary alicyclic amines) is 1. The van der Waals surface area contributed by atoms with Crippen molar-refractivity contribution in [1.82, 2.24) is 10.2 Å². The van der Waals surface area contributed by atoms with Gasteiger partial charge in [-0.2, -0.15) is 0 Å². The van der Waals surface area contributed by atoms with Crippen LogP contribution in [0, 0.1) is 0 Å². The summed E-state index contributed by atoms with van der Waals surface area (Å²) in [6.45, 7) is 4.90. The summed E-state index contributed by atoms with van der Waals surface area (Å²) >= 11 is 0. The van der Waals surface area contributed by atoms with Crippen molar-refractivity contribution in [3.63, 3.8) is 0 Å².